The Labute approximate surface area is 110 Å². The molecule has 1 aliphatic rings. The Hall–Kier alpha value is -2.10. The Morgan fingerprint density at radius 2 is 2.53 bits per heavy atom. The van der Waals surface area contributed by atoms with Gasteiger partial charge in [-0.15, -0.1) is 5.10 Å². The van der Waals surface area contributed by atoms with Crippen LogP contribution >= 0.6 is 0 Å². The summed E-state index contributed by atoms with van der Waals surface area (Å²) in [5.74, 6) is 0.364. The maximum Gasteiger partial charge on any atom is 0.252 e. The Bertz CT molecular complexity index is 611. The summed E-state index contributed by atoms with van der Waals surface area (Å²) in [4.78, 5) is 0. The highest BCUT2D eigenvalue weighted by Crippen LogP contribution is 2.21. The number of fused-ring (bicyclic) bond motifs is 1. The molecular weight excluding hydrogens is 244 g/mol. The minimum Gasteiger partial charge on any atom is -0.473 e. The second kappa shape index (κ2) is 5.26. The number of hydrogen-bond donors (Lipinski definition) is 1. The van der Waals surface area contributed by atoms with E-state index in [0.717, 1.165) is 18.6 Å². The van der Waals surface area contributed by atoms with Crippen molar-refractivity contribution in [3.05, 3.63) is 30.0 Å². The van der Waals surface area contributed by atoms with E-state index in [-0.39, 0.29) is 6.10 Å². The molecule has 0 saturated carbocycles. The van der Waals surface area contributed by atoms with E-state index in [1.54, 1.807) is 10.7 Å². The summed E-state index contributed by atoms with van der Waals surface area (Å²) in [6.45, 7) is 2.71. The zero-order valence-corrected chi connectivity index (χ0v) is 10.4. The molecule has 1 unspecified atom stereocenters. The molecule has 1 fully saturated rings. The Kier molecular flexibility index (Phi) is 3.31. The number of rotatable bonds is 3. The molecule has 0 radical (unpaired) electrons. The fourth-order valence-electron chi connectivity index (χ4n) is 2.08. The van der Waals surface area contributed by atoms with E-state index >= 15 is 0 Å². The van der Waals surface area contributed by atoms with Gasteiger partial charge in [-0.2, -0.15) is 5.26 Å². The standard InChI is InChI=1S/C13H14N4O2/c14-7-11-12-3-1-2-5-17(12)16-13(11)19-9-10-8-15-4-6-18-10/h1-3,5,10,15H,4,6,8-9H2. The van der Waals surface area contributed by atoms with Gasteiger partial charge in [-0.05, 0) is 12.1 Å². The minimum absolute atomic E-state index is 0.00473. The number of morpholine rings is 1. The number of hydrogen-bond acceptors (Lipinski definition) is 5. The van der Waals surface area contributed by atoms with Gasteiger partial charge in [0.25, 0.3) is 5.88 Å². The van der Waals surface area contributed by atoms with Crippen molar-refractivity contribution in [1.29, 1.82) is 5.26 Å². The van der Waals surface area contributed by atoms with E-state index in [4.69, 9.17) is 9.47 Å². The van der Waals surface area contributed by atoms with Crippen LogP contribution in [0.15, 0.2) is 24.4 Å². The number of pyridine rings is 1. The fraction of sp³-hybridized carbons (Fsp3) is 0.385. The molecule has 2 aromatic heterocycles. The molecule has 98 valence electrons. The lowest BCUT2D eigenvalue weighted by atomic mass is 10.3. The molecular formula is C13H14N4O2. The van der Waals surface area contributed by atoms with E-state index in [9.17, 15) is 5.26 Å². The monoisotopic (exact) mass is 258 g/mol. The number of nitrogens with one attached hydrogen (secondary N) is 1. The lowest BCUT2D eigenvalue weighted by molar-refractivity contribution is -0.000845. The topological polar surface area (TPSA) is 71.6 Å². The predicted octanol–water partition coefficient (Wildman–Crippen LogP) is 0.573. The van der Waals surface area contributed by atoms with Crippen molar-refractivity contribution in [1.82, 2.24) is 14.9 Å². The van der Waals surface area contributed by atoms with Crippen molar-refractivity contribution in [3.8, 4) is 11.9 Å². The quantitative estimate of drug-likeness (QED) is 0.871. The largest absolute Gasteiger partial charge is 0.473 e. The van der Waals surface area contributed by atoms with Crippen LogP contribution in [-0.2, 0) is 4.74 Å². The molecule has 6 nitrogen and oxygen atoms in total. The van der Waals surface area contributed by atoms with E-state index < -0.39 is 0 Å². The van der Waals surface area contributed by atoms with Crippen LogP contribution in [0.2, 0.25) is 0 Å². The average Bonchev–Trinajstić information content (AvgIpc) is 2.83. The molecule has 2 aromatic rings. The number of nitriles is 1. The highest BCUT2D eigenvalue weighted by atomic mass is 16.5. The molecule has 3 heterocycles. The van der Waals surface area contributed by atoms with Crippen molar-refractivity contribution < 1.29 is 9.47 Å². The number of ether oxygens (including phenoxy) is 2. The summed E-state index contributed by atoms with van der Waals surface area (Å²) in [5, 5.41) is 16.7. The maximum atomic E-state index is 9.22. The summed E-state index contributed by atoms with van der Waals surface area (Å²) in [7, 11) is 0. The third-order valence-electron chi connectivity index (χ3n) is 3.03. The van der Waals surface area contributed by atoms with Gasteiger partial charge in [-0.1, -0.05) is 6.07 Å². The van der Waals surface area contributed by atoms with Gasteiger partial charge in [0.2, 0.25) is 0 Å². The SMILES string of the molecule is N#Cc1c(OCC2CNCCO2)nn2ccccc12. The second-order valence-corrected chi connectivity index (χ2v) is 4.33. The van der Waals surface area contributed by atoms with Crippen LogP contribution in [0.25, 0.3) is 5.52 Å². The lowest BCUT2D eigenvalue weighted by Gasteiger charge is -2.23. The van der Waals surface area contributed by atoms with Crippen LogP contribution in [0.1, 0.15) is 5.56 Å². The van der Waals surface area contributed by atoms with Gasteiger partial charge in [0, 0.05) is 19.3 Å². The highest BCUT2D eigenvalue weighted by molar-refractivity contribution is 5.64. The summed E-state index contributed by atoms with van der Waals surface area (Å²) in [6, 6.07) is 7.72. The summed E-state index contributed by atoms with van der Waals surface area (Å²) in [6.07, 6.45) is 1.80. The molecule has 1 saturated heterocycles. The van der Waals surface area contributed by atoms with Crippen molar-refractivity contribution in [3.63, 3.8) is 0 Å². The normalized spacial score (nSPS) is 19.2. The summed E-state index contributed by atoms with van der Waals surface area (Å²) in [5.41, 5.74) is 1.21. The molecule has 1 atom stereocenters. The first-order valence-corrected chi connectivity index (χ1v) is 6.21. The molecule has 0 aliphatic carbocycles. The first-order chi connectivity index (χ1) is 9.38. The van der Waals surface area contributed by atoms with E-state index in [2.05, 4.69) is 16.5 Å². The lowest BCUT2D eigenvalue weighted by Crippen LogP contribution is -2.41. The van der Waals surface area contributed by atoms with Crippen molar-refractivity contribution in [2.45, 2.75) is 6.10 Å². The molecule has 0 spiro atoms. The predicted molar refractivity (Wildman–Crippen MR) is 68.0 cm³/mol. The third kappa shape index (κ3) is 2.38. The number of aromatic nitrogens is 2. The van der Waals surface area contributed by atoms with Crippen LogP contribution in [-0.4, -0.2) is 42.0 Å². The smallest absolute Gasteiger partial charge is 0.252 e. The maximum absolute atomic E-state index is 9.22. The highest BCUT2D eigenvalue weighted by Gasteiger charge is 2.18. The van der Waals surface area contributed by atoms with E-state index in [1.807, 2.05) is 18.2 Å². The molecule has 0 aromatic carbocycles. The van der Waals surface area contributed by atoms with Crippen LogP contribution in [0.4, 0.5) is 0 Å². The molecule has 6 heteroatoms. The van der Waals surface area contributed by atoms with Gasteiger partial charge < -0.3 is 14.8 Å². The Morgan fingerprint density at radius 3 is 3.32 bits per heavy atom. The van der Waals surface area contributed by atoms with Gasteiger partial charge in [0.05, 0.1) is 12.1 Å². The Morgan fingerprint density at radius 1 is 1.58 bits per heavy atom. The van der Waals surface area contributed by atoms with Gasteiger partial charge in [0.15, 0.2) is 0 Å². The van der Waals surface area contributed by atoms with Gasteiger partial charge in [-0.25, -0.2) is 4.52 Å². The number of nitrogens with zero attached hydrogens (tertiary/aromatic N) is 3. The van der Waals surface area contributed by atoms with E-state index in [0.29, 0.717) is 24.7 Å². The van der Waals surface area contributed by atoms with Crippen molar-refractivity contribution in [2.24, 2.45) is 0 Å². The van der Waals surface area contributed by atoms with Gasteiger partial charge in [0.1, 0.15) is 24.3 Å². The van der Waals surface area contributed by atoms with Crippen LogP contribution in [0, 0.1) is 11.3 Å². The molecule has 1 aliphatic heterocycles. The molecule has 19 heavy (non-hydrogen) atoms. The minimum atomic E-state index is 0.00473. The van der Waals surface area contributed by atoms with Gasteiger partial charge >= 0.3 is 0 Å². The summed E-state index contributed by atoms with van der Waals surface area (Å²) >= 11 is 0. The second-order valence-electron chi connectivity index (χ2n) is 4.33. The molecule has 0 amide bonds. The Balaban J connectivity index is 1.78. The van der Waals surface area contributed by atoms with Crippen molar-refractivity contribution >= 4 is 5.52 Å². The zero-order chi connectivity index (χ0) is 13.1. The van der Waals surface area contributed by atoms with Crippen LogP contribution in [0.3, 0.4) is 0 Å². The zero-order valence-electron chi connectivity index (χ0n) is 10.4. The summed E-state index contributed by atoms with van der Waals surface area (Å²) < 4.78 is 12.8. The molecule has 3 rings (SSSR count). The van der Waals surface area contributed by atoms with Gasteiger partial charge in [-0.3, -0.25) is 0 Å². The fourth-order valence-corrected chi connectivity index (χ4v) is 2.08. The first kappa shape index (κ1) is 12.0. The average molecular weight is 258 g/mol. The first-order valence-electron chi connectivity index (χ1n) is 6.21. The van der Waals surface area contributed by atoms with E-state index in [1.165, 1.54) is 0 Å². The van der Waals surface area contributed by atoms with Crippen LogP contribution < -0.4 is 10.1 Å². The van der Waals surface area contributed by atoms with Crippen LogP contribution in [0.5, 0.6) is 5.88 Å². The molecule has 1 N–H and O–H groups in total. The third-order valence-corrected chi connectivity index (χ3v) is 3.03. The van der Waals surface area contributed by atoms with Crippen molar-refractivity contribution in [2.75, 3.05) is 26.3 Å². The molecule has 0 bridgehead atoms.